The van der Waals surface area contributed by atoms with Crippen molar-refractivity contribution in [3.8, 4) is 0 Å². The van der Waals surface area contributed by atoms with Gasteiger partial charge >= 0.3 is 0 Å². The molecule has 18 nitrogen and oxygen atoms in total. The number of Topliss-reactive ketones (excluding diaryl/α,β-unsaturated/α-hetero) is 1. The van der Waals surface area contributed by atoms with Crippen LogP contribution in [-0.2, 0) is 14.4 Å². The number of ketones is 1. The van der Waals surface area contributed by atoms with Crippen molar-refractivity contribution >= 4 is 18.4 Å². The van der Waals surface area contributed by atoms with E-state index in [1.165, 1.54) is 0 Å². The van der Waals surface area contributed by atoms with Crippen molar-refractivity contribution in [2.24, 2.45) is 0 Å². The van der Waals surface area contributed by atoms with Gasteiger partial charge in [0.1, 0.15) is 73.8 Å². The topological polar surface area (TPSA) is 355 Å². The normalized spacial score (nSPS) is 20.2. The molecule has 0 aromatic rings. The second-order valence-electron chi connectivity index (χ2n) is 7.03. The highest BCUT2D eigenvalue weighted by Gasteiger charge is 2.31. The largest absolute Gasteiger partial charge is 0.394 e. The SMILES string of the molecule is O=C(CO)[C@H](O)[C@@H](O)[C@H](O)CO.O=C[C@@H](O)[C@H](O)[C@@H](O)[C@H](O)CO.O=C[C@H](O)[C@@H](O)[C@@H](O)[C@H](O)CO. The monoisotopic (exact) mass is 540 g/mol. The zero-order chi connectivity index (χ0) is 29.2. The predicted molar refractivity (Wildman–Crippen MR) is 112 cm³/mol. The first-order valence-electron chi connectivity index (χ1n) is 9.98. The molecule has 15 N–H and O–H groups in total. The highest BCUT2D eigenvalue weighted by atomic mass is 16.4. The quantitative estimate of drug-likeness (QED) is 0.0856. The zero-order valence-corrected chi connectivity index (χ0v) is 18.8. The number of carbonyl (C=O) groups excluding carboxylic acids is 3. The van der Waals surface area contributed by atoms with Crippen LogP contribution < -0.4 is 0 Å². The molecule has 0 aliphatic heterocycles. The molecule has 36 heavy (non-hydrogen) atoms. The van der Waals surface area contributed by atoms with Crippen molar-refractivity contribution in [2.45, 2.75) is 67.1 Å². The molecule has 18 heteroatoms. The Kier molecular flexibility index (Phi) is 23.2. The number of aliphatic hydroxyl groups is 15. The summed E-state index contributed by atoms with van der Waals surface area (Å²) >= 11 is 0. The van der Waals surface area contributed by atoms with Crippen molar-refractivity contribution in [1.29, 1.82) is 0 Å². The summed E-state index contributed by atoms with van der Waals surface area (Å²) in [6.45, 7) is -3.21. The summed E-state index contributed by atoms with van der Waals surface area (Å²) in [6.07, 6.45) is -18.9. The lowest BCUT2D eigenvalue weighted by molar-refractivity contribution is -0.142. The maximum Gasteiger partial charge on any atom is 0.189 e. The molecule has 0 fully saturated rings. The Morgan fingerprint density at radius 3 is 1.00 bits per heavy atom. The molecule has 0 saturated heterocycles. The summed E-state index contributed by atoms with van der Waals surface area (Å²) in [5, 5.41) is 130. The molecule has 0 aliphatic rings. The van der Waals surface area contributed by atoms with Crippen molar-refractivity contribution in [1.82, 2.24) is 0 Å². The molecule has 0 aromatic carbocycles. The second kappa shape index (κ2) is 21.5. The molecule has 0 aromatic heterocycles. The molecule has 0 spiro atoms. The minimum absolute atomic E-state index is 0.0258. The van der Waals surface area contributed by atoms with E-state index in [0.717, 1.165) is 0 Å². The molecule has 0 bridgehead atoms. The van der Waals surface area contributed by atoms with Gasteiger partial charge < -0.3 is 86.2 Å². The zero-order valence-electron chi connectivity index (χ0n) is 18.8. The van der Waals surface area contributed by atoms with Crippen molar-refractivity contribution in [3.05, 3.63) is 0 Å². The maximum atomic E-state index is 10.5. The third-order valence-electron chi connectivity index (χ3n) is 4.23. The van der Waals surface area contributed by atoms with Crippen LogP contribution in [0.3, 0.4) is 0 Å². The van der Waals surface area contributed by atoms with E-state index >= 15 is 0 Å². The molecule has 0 aliphatic carbocycles. The predicted octanol–water partition coefficient (Wildman–Crippen LogP) is -10.1. The number of hydrogen-bond acceptors (Lipinski definition) is 18. The van der Waals surface area contributed by atoms with Crippen molar-refractivity contribution in [3.63, 3.8) is 0 Å². The number of rotatable bonds is 15. The minimum atomic E-state index is -1.86. The van der Waals surface area contributed by atoms with Gasteiger partial charge in [-0.1, -0.05) is 0 Å². The first kappa shape index (κ1) is 38.9. The van der Waals surface area contributed by atoms with Crippen LogP contribution in [0.15, 0.2) is 0 Å². The average molecular weight is 540 g/mol. The Bertz CT molecular complexity index is 546. The van der Waals surface area contributed by atoms with E-state index in [1.54, 1.807) is 0 Å². The van der Waals surface area contributed by atoms with Gasteiger partial charge in [-0.25, -0.2) is 0 Å². The maximum absolute atomic E-state index is 10.5. The molecule has 0 heterocycles. The molecule has 216 valence electrons. The van der Waals surface area contributed by atoms with E-state index in [9.17, 15) is 14.4 Å². The lowest BCUT2D eigenvalue weighted by atomic mass is 10.0. The van der Waals surface area contributed by atoms with Gasteiger partial charge in [-0.15, -0.1) is 0 Å². The fraction of sp³-hybridized carbons (Fsp3) is 0.833. The summed E-state index contributed by atoms with van der Waals surface area (Å²) in [5.41, 5.74) is 0. The van der Waals surface area contributed by atoms with Crippen LogP contribution in [-0.4, -0.2) is 189 Å². The van der Waals surface area contributed by atoms with Gasteiger partial charge in [-0.3, -0.25) is 4.79 Å². The first-order chi connectivity index (χ1) is 16.6. The Hall–Kier alpha value is -1.59. The van der Waals surface area contributed by atoms with Crippen LogP contribution in [0.4, 0.5) is 0 Å². The number of carbonyl (C=O) groups is 3. The van der Waals surface area contributed by atoms with E-state index in [4.69, 9.17) is 76.6 Å². The molecule has 0 amide bonds. The fourth-order valence-electron chi connectivity index (χ4n) is 1.84. The van der Waals surface area contributed by atoms with Crippen LogP contribution >= 0.6 is 0 Å². The van der Waals surface area contributed by atoms with Crippen LogP contribution in [0.2, 0.25) is 0 Å². The molecule has 0 rings (SSSR count). The highest BCUT2D eigenvalue weighted by Crippen LogP contribution is 2.04. The smallest absolute Gasteiger partial charge is 0.189 e. The van der Waals surface area contributed by atoms with Gasteiger partial charge in [0.05, 0.1) is 19.8 Å². The van der Waals surface area contributed by atoms with E-state index < -0.39 is 99.4 Å². The van der Waals surface area contributed by atoms with Gasteiger partial charge in [-0.05, 0) is 0 Å². The standard InChI is InChI=1S/3C6H12O6/c3*7-1-3(9)5(11)6(12)4(10)2-8/h3,5-9,11-12H,1-2H2;2*1,3-6,8-12H,2H2/t3-,5+,6+;3-,4+,5+,6-;3-,4-,5+,6+/m101/s1. The summed E-state index contributed by atoms with van der Waals surface area (Å²) in [5.74, 6) is -1.00. The van der Waals surface area contributed by atoms with E-state index in [2.05, 4.69) is 0 Å². The summed E-state index contributed by atoms with van der Waals surface area (Å²) in [6, 6.07) is 0. The summed E-state index contributed by atoms with van der Waals surface area (Å²) in [7, 11) is 0. The summed E-state index contributed by atoms with van der Waals surface area (Å²) < 4.78 is 0. The molecular weight excluding hydrogens is 504 g/mol. The van der Waals surface area contributed by atoms with Gasteiger partial charge in [0.15, 0.2) is 18.4 Å². The Morgan fingerprint density at radius 1 is 0.500 bits per heavy atom. The minimum Gasteiger partial charge on any atom is -0.394 e. The lowest BCUT2D eigenvalue weighted by Gasteiger charge is -2.22. The molecule has 0 radical (unpaired) electrons. The number of aldehydes is 2. The first-order valence-corrected chi connectivity index (χ1v) is 9.98. The second-order valence-corrected chi connectivity index (χ2v) is 7.03. The van der Waals surface area contributed by atoms with Crippen molar-refractivity contribution in [2.75, 3.05) is 26.4 Å². The lowest BCUT2D eigenvalue weighted by Crippen LogP contribution is -2.46. The number of aliphatic hydroxyl groups excluding tert-OH is 15. The molecular formula is C18H36O18. The van der Waals surface area contributed by atoms with E-state index in [-0.39, 0.29) is 12.6 Å². The highest BCUT2D eigenvalue weighted by molar-refractivity contribution is 5.84. The molecule has 0 saturated carbocycles. The van der Waals surface area contributed by atoms with Gasteiger partial charge in [-0.2, -0.15) is 0 Å². The van der Waals surface area contributed by atoms with Crippen LogP contribution in [0.5, 0.6) is 0 Å². The fourth-order valence-corrected chi connectivity index (χ4v) is 1.84. The third kappa shape index (κ3) is 14.8. The number of hydrogen-bond donors (Lipinski definition) is 15. The van der Waals surface area contributed by atoms with Crippen LogP contribution in [0.1, 0.15) is 0 Å². The van der Waals surface area contributed by atoms with E-state index in [1.807, 2.05) is 0 Å². The van der Waals surface area contributed by atoms with Crippen molar-refractivity contribution < 1.29 is 91.0 Å². The van der Waals surface area contributed by atoms with Crippen LogP contribution in [0.25, 0.3) is 0 Å². The van der Waals surface area contributed by atoms with Gasteiger partial charge in [0, 0.05) is 0 Å². The molecule has 0 unspecified atom stereocenters. The van der Waals surface area contributed by atoms with Gasteiger partial charge in [0.2, 0.25) is 0 Å². The Morgan fingerprint density at radius 2 is 0.778 bits per heavy atom. The van der Waals surface area contributed by atoms with E-state index in [0.29, 0.717) is 0 Å². The molecule has 11 atom stereocenters. The average Bonchev–Trinajstić information content (AvgIpc) is 2.92. The summed E-state index contributed by atoms with van der Waals surface area (Å²) in [4.78, 5) is 30.3. The Labute approximate surface area is 203 Å². The third-order valence-corrected chi connectivity index (χ3v) is 4.23. The van der Waals surface area contributed by atoms with Gasteiger partial charge in [0.25, 0.3) is 0 Å². The van der Waals surface area contributed by atoms with Crippen LogP contribution in [0, 0.1) is 0 Å². The Balaban J connectivity index is -0.000000454.